The minimum absolute atomic E-state index is 0.0148. The Kier molecular flexibility index (Phi) is 4.31. The number of carbonyl (C=O) groups excluding carboxylic acids is 1. The number of rotatable bonds is 5. The lowest BCUT2D eigenvalue weighted by atomic mass is 9.76. The Morgan fingerprint density at radius 1 is 1.38 bits per heavy atom. The van der Waals surface area contributed by atoms with E-state index in [1.54, 1.807) is 23.7 Å². The van der Waals surface area contributed by atoms with Crippen LogP contribution in [0.15, 0.2) is 42.0 Å². The van der Waals surface area contributed by atoms with Gasteiger partial charge in [-0.3, -0.25) is 9.78 Å². The molecule has 4 nitrogen and oxygen atoms in total. The van der Waals surface area contributed by atoms with Gasteiger partial charge in [-0.15, -0.1) is 11.3 Å². The van der Waals surface area contributed by atoms with Crippen molar-refractivity contribution in [1.29, 1.82) is 0 Å². The Morgan fingerprint density at radius 2 is 2.14 bits per heavy atom. The number of nitrogens with one attached hydrogen (secondary N) is 1. The molecule has 3 rings (SSSR count). The maximum atomic E-state index is 12.3. The van der Waals surface area contributed by atoms with Gasteiger partial charge in [0.2, 0.25) is 5.91 Å². The van der Waals surface area contributed by atoms with Crippen LogP contribution in [0.25, 0.3) is 0 Å². The molecule has 0 saturated heterocycles. The predicted octanol–water partition coefficient (Wildman–Crippen LogP) is 2.31. The number of thiophene rings is 1. The number of hydrogen-bond acceptors (Lipinski definition) is 4. The zero-order valence-corrected chi connectivity index (χ0v) is 12.4. The van der Waals surface area contributed by atoms with Gasteiger partial charge in [0.1, 0.15) is 0 Å². The van der Waals surface area contributed by atoms with Crippen LogP contribution in [0.3, 0.4) is 0 Å². The number of pyridine rings is 1. The molecule has 1 fully saturated rings. The van der Waals surface area contributed by atoms with Gasteiger partial charge in [0.15, 0.2) is 0 Å². The van der Waals surface area contributed by atoms with Crippen LogP contribution >= 0.6 is 11.3 Å². The minimum atomic E-state index is -0.213. The van der Waals surface area contributed by atoms with Crippen LogP contribution in [0.5, 0.6) is 0 Å². The molecule has 0 aromatic carbocycles. The van der Waals surface area contributed by atoms with Gasteiger partial charge in [-0.2, -0.15) is 0 Å². The summed E-state index contributed by atoms with van der Waals surface area (Å²) < 4.78 is 0. The number of carbonyl (C=O) groups is 1. The largest absolute Gasteiger partial charge is 0.393 e. The summed E-state index contributed by atoms with van der Waals surface area (Å²) in [5.74, 6) is 0.348. The first-order chi connectivity index (χ1) is 10.2. The quantitative estimate of drug-likeness (QED) is 0.891. The Balaban J connectivity index is 1.65. The summed E-state index contributed by atoms with van der Waals surface area (Å²) >= 11 is 1.65. The SMILES string of the molecule is O=C(Cc1ccncc1)NC(c1cccs1)C1CC(O)C1. The second-order valence-corrected chi connectivity index (χ2v) is 6.46. The van der Waals surface area contributed by atoms with E-state index in [-0.39, 0.29) is 18.1 Å². The number of aliphatic hydroxyl groups excluding tert-OH is 1. The van der Waals surface area contributed by atoms with E-state index < -0.39 is 0 Å². The maximum absolute atomic E-state index is 12.3. The number of amides is 1. The van der Waals surface area contributed by atoms with E-state index in [4.69, 9.17) is 0 Å². The van der Waals surface area contributed by atoms with E-state index in [0.717, 1.165) is 23.3 Å². The van der Waals surface area contributed by atoms with Crippen LogP contribution in [0.4, 0.5) is 0 Å². The number of aliphatic hydroxyl groups is 1. The van der Waals surface area contributed by atoms with Gasteiger partial charge in [-0.1, -0.05) is 6.07 Å². The fraction of sp³-hybridized carbons (Fsp3) is 0.375. The third kappa shape index (κ3) is 3.49. The molecule has 0 bridgehead atoms. The zero-order chi connectivity index (χ0) is 14.7. The maximum Gasteiger partial charge on any atom is 0.224 e. The summed E-state index contributed by atoms with van der Waals surface area (Å²) in [7, 11) is 0. The molecule has 2 heterocycles. The smallest absolute Gasteiger partial charge is 0.224 e. The third-order valence-electron chi connectivity index (χ3n) is 3.90. The molecule has 1 amide bonds. The lowest BCUT2D eigenvalue weighted by molar-refractivity contribution is -0.122. The molecular formula is C16H18N2O2S. The highest BCUT2D eigenvalue weighted by Gasteiger charge is 2.36. The summed E-state index contributed by atoms with van der Waals surface area (Å²) in [6.45, 7) is 0. The minimum Gasteiger partial charge on any atom is -0.393 e. The standard InChI is InChI=1S/C16H18N2O2S/c19-13-9-12(10-13)16(14-2-1-7-21-14)18-15(20)8-11-3-5-17-6-4-11/h1-7,12-13,16,19H,8-10H2,(H,18,20). The van der Waals surface area contributed by atoms with E-state index in [0.29, 0.717) is 12.3 Å². The summed E-state index contributed by atoms with van der Waals surface area (Å²) in [4.78, 5) is 17.4. The van der Waals surface area contributed by atoms with Gasteiger partial charge in [-0.25, -0.2) is 0 Å². The number of nitrogens with zero attached hydrogens (tertiary/aromatic N) is 1. The van der Waals surface area contributed by atoms with Crippen molar-refractivity contribution >= 4 is 17.2 Å². The van der Waals surface area contributed by atoms with Gasteiger partial charge >= 0.3 is 0 Å². The topological polar surface area (TPSA) is 62.2 Å². The lowest BCUT2D eigenvalue weighted by Crippen LogP contribution is -2.41. The average molecular weight is 302 g/mol. The van der Waals surface area contributed by atoms with E-state index in [1.165, 1.54) is 0 Å². The molecule has 2 N–H and O–H groups in total. The second kappa shape index (κ2) is 6.37. The van der Waals surface area contributed by atoms with Crippen molar-refractivity contribution in [3.63, 3.8) is 0 Å². The van der Waals surface area contributed by atoms with Crippen LogP contribution < -0.4 is 5.32 Å². The molecule has 1 saturated carbocycles. The molecule has 1 unspecified atom stereocenters. The average Bonchev–Trinajstić information content (AvgIpc) is 2.97. The number of hydrogen-bond donors (Lipinski definition) is 2. The first-order valence-electron chi connectivity index (χ1n) is 7.12. The molecule has 1 aliphatic rings. The summed E-state index contributed by atoms with van der Waals surface area (Å²) in [5, 5.41) is 14.7. The van der Waals surface area contributed by atoms with Gasteiger partial charge in [0.25, 0.3) is 0 Å². The highest BCUT2D eigenvalue weighted by molar-refractivity contribution is 7.10. The van der Waals surface area contributed by atoms with E-state index in [1.807, 2.05) is 29.6 Å². The molecule has 2 aromatic rings. The first-order valence-corrected chi connectivity index (χ1v) is 8.00. The van der Waals surface area contributed by atoms with Crippen molar-refractivity contribution in [2.24, 2.45) is 5.92 Å². The predicted molar refractivity (Wildman–Crippen MR) is 81.9 cm³/mol. The molecule has 1 atom stereocenters. The first kappa shape index (κ1) is 14.2. The Hall–Kier alpha value is -1.72. The van der Waals surface area contributed by atoms with Crippen LogP contribution in [-0.2, 0) is 11.2 Å². The van der Waals surface area contributed by atoms with Crippen molar-refractivity contribution in [2.75, 3.05) is 0 Å². The van der Waals surface area contributed by atoms with Crippen molar-refractivity contribution in [1.82, 2.24) is 10.3 Å². The zero-order valence-electron chi connectivity index (χ0n) is 11.6. The summed E-state index contributed by atoms with van der Waals surface area (Å²) in [6, 6.07) is 7.77. The molecular weight excluding hydrogens is 284 g/mol. The molecule has 0 spiro atoms. The van der Waals surface area contributed by atoms with Crippen LogP contribution in [0.1, 0.15) is 29.3 Å². The van der Waals surface area contributed by atoms with Gasteiger partial charge in [0.05, 0.1) is 18.6 Å². The van der Waals surface area contributed by atoms with Crippen LogP contribution in [0.2, 0.25) is 0 Å². The van der Waals surface area contributed by atoms with Crippen LogP contribution in [-0.4, -0.2) is 22.1 Å². The molecule has 5 heteroatoms. The van der Waals surface area contributed by atoms with Gasteiger partial charge in [-0.05, 0) is 47.9 Å². The van der Waals surface area contributed by atoms with Gasteiger partial charge < -0.3 is 10.4 Å². The normalized spacial score (nSPS) is 22.3. The molecule has 21 heavy (non-hydrogen) atoms. The van der Waals surface area contributed by atoms with Crippen molar-refractivity contribution in [3.05, 3.63) is 52.5 Å². The third-order valence-corrected chi connectivity index (χ3v) is 4.86. The van der Waals surface area contributed by atoms with Crippen molar-refractivity contribution < 1.29 is 9.90 Å². The monoisotopic (exact) mass is 302 g/mol. The molecule has 110 valence electrons. The summed E-state index contributed by atoms with van der Waals surface area (Å²) in [5.41, 5.74) is 0.959. The fourth-order valence-electron chi connectivity index (χ4n) is 2.70. The molecule has 2 aromatic heterocycles. The number of aromatic nitrogens is 1. The molecule has 0 radical (unpaired) electrons. The highest BCUT2D eigenvalue weighted by atomic mass is 32.1. The highest BCUT2D eigenvalue weighted by Crippen LogP contribution is 2.39. The molecule has 0 aliphatic heterocycles. The lowest BCUT2D eigenvalue weighted by Gasteiger charge is -2.37. The Labute approximate surface area is 127 Å². The fourth-order valence-corrected chi connectivity index (χ4v) is 3.57. The van der Waals surface area contributed by atoms with E-state index in [9.17, 15) is 9.90 Å². The van der Waals surface area contributed by atoms with Crippen molar-refractivity contribution in [3.8, 4) is 0 Å². The van der Waals surface area contributed by atoms with Crippen molar-refractivity contribution in [2.45, 2.75) is 31.4 Å². The van der Waals surface area contributed by atoms with E-state index >= 15 is 0 Å². The second-order valence-electron chi connectivity index (χ2n) is 5.48. The van der Waals surface area contributed by atoms with Gasteiger partial charge in [0, 0.05) is 17.3 Å². The molecule has 1 aliphatic carbocycles. The van der Waals surface area contributed by atoms with E-state index in [2.05, 4.69) is 10.3 Å². The van der Waals surface area contributed by atoms with Crippen LogP contribution in [0, 0.1) is 5.92 Å². The summed E-state index contributed by atoms with van der Waals surface area (Å²) in [6.07, 6.45) is 5.06. The Bertz CT molecular complexity index is 580. The Morgan fingerprint density at radius 3 is 2.76 bits per heavy atom.